The number of carbonyl (C=O) groups is 1. The van der Waals surface area contributed by atoms with Crippen LogP contribution in [0.1, 0.15) is 61.2 Å². The Morgan fingerprint density at radius 1 is 1.07 bits per heavy atom. The molecule has 0 amide bonds. The van der Waals surface area contributed by atoms with Crippen LogP contribution in [0.4, 0.5) is 0 Å². The van der Waals surface area contributed by atoms with E-state index in [4.69, 9.17) is 19.2 Å². The minimum Gasteiger partial charge on any atom is -0.490 e. The number of rotatable bonds is 11. The molecule has 0 bridgehead atoms. The maximum Gasteiger partial charge on any atom is 0.338 e. The summed E-state index contributed by atoms with van der Waals surface area (Å²) in [6.45, 7) is 6.56. The summed E-state index contributed by atoms with van der Waals surface area (Å²) >= 11 is 2.78. The summed E-state index contributed by atoms with van der Waals surface area (Å²) in [5.74, 6) is 0.621. The van der Waals surface area contributed by atoms with E-state index in [9.17, 15) is 14.9 Å². The van der Waals surface area contributed by atoms with Gasteiger partial charge >= 0.3 is 5.97 Å². The molecule has 0 saturated heterocycles. The van der Waals surface area contributed by atoms with Gasteiger partial charge < -0.3 is 14.2 Å². The fourth-order valence-electron chi connectivity index (χ4n) is 4.90. The average molecular weight is 614 g/mol. The first kappa shape index (κ1) is 30.0. The van der Waals surface area contributed by atoms with Gasteiger partial charge in [0.05, 0.1) is 40.6 Å². The lowest BCUT2D eigenvalue weighted by Gasteiger charge is -2.24. The molecule has 1 aliphatic heterocycles. The second-order valence-electron chi connectivity index (χ2n) is 9.63. The quantitative estimate of drug-likeness (QED) is 0.207. The highest BCUT2D eigenvalue weighted by Crippen LogP contribution is 2.35. The fourth-order valence-corrected chi connectivity index (χ4v) is 6.74. The van der Waals surface area contributed by atoms with Crippen molar-refractivity contribution in [2.24, 2.45) is 4.99 Å². The summed E-state index contributed by atoms with van der Waals surface area (Å²) < 4.78 is 19.5. The summed E-state index contributed by atoms with van der Waals surface area (Å²) in [5, 5.41) is 11.3. The third-order valence-electron chi connectivity index (χ3n) is 6.79. The molecular formula is C33H31N3O5S2. The summed E-state index contributed by atoms with van der Waals surface area (Å²) in [6.07, 6.45) is 3.20. The van der Waals surface area contributed by atoms with Crippen LogP contribution in [0.3, 0.4) is 0 Å². The van der Waals surface area contributed by atoms with Crippen LogP contribution in [0.25, 0.3) is 6.08 Å². The van der Waals surface area contributed by atoms with Crippen molar-refractivity contribution in [1.29, 1.82) is 5.26 Å². The summed E-state index contributed by atoms with van der Waals surface area (Å²) in [4.78, 5) is 33.4. The van der Waals surface area contributed by atoms with E-state index >= 15 is 0 Å². The number of carbonyl (C=O) groups excluding carboxylic acids is 1. The van der Waals surface area contributed by atoms with Crippen LogP contribution < -0.4 is 24.4 Å². The van der Waals surface area contributed by atoms with Gasteiger partial charge in [-0.1, -0.05) is 55.0 Å². The van der Waals surface area contributed by atoms with E-state index in [1.165, 1.54) is 22.7 Å². The van der Waals surface area contributed by atoms with Gasteiger partial charge in [-0.15, -0.1) is 11.3 Å². The first-order valence-corrected chi connectivity index (χ1v) is 15.8. The molecule has 0 fully saturated rings. The highest BCUT2D eigenvalue weighted by atomic mass is 32.1. The molecule has 2 aromatic carbocycles. The normalized spacial score (nSPS) is 14.6. The number of aromatic nitrogens is 1. The molecule has 3 heterocycles. The topological polar surface area (TPSA) is 103 Å². The molecule has 220 valence electrons. The predicted octanol–water partition coefficient (Wildman–Crippen LogP) is 5.49. The van der Waals surface area contributed by atoms with Crippen molar-refractivity contribution in [3.63, 3.8) is 0 Å². The summed E-state index contributed by atoms with van der Waals surface area (Å²) in [7, 11) is 0. The number of nitrogens with zero attached hydrogens (tertiary/aromatic N) is 3. The van der Waals surface area contributed by atoms with Gasteiger partial charge in [0.25, 0.3) is 5.56 Å². The number of benzene rings is 2. The zero-order valence-electron chi connectivity index (χ0n) is 24.2. The number of hydrogen-bond acceptors (Lipinski definition) is 9. The van der Waals surface area contributed by atoms with Crippen molar-refractivity contribution in [3.8, 4) is 17.6 Å². The number of thiazole rings is 1. The Balaban J connectivity index is 1.56. The van der Waals surface area contributed by atoms with Gasteiger partial charge in [0.2, 0.25) is 0 Å². The van der Waals surface area contributed by atoms with Crippen molar-refractivity contribution < 1.29 is 19.0 Å². The average Bonchev–Trinajstić information content (AvgIpc) is 3.65. The Morgan fingerprint density at radius 2 is 1.91 bits per heavy atom. The van der Waals surface area contributed by atoms with Crippen LogP contribution in [0.5, 0.6) is 11.5 Å². The van der Waals surface area contributed by atoms with E-state index in [1.54, 1.807) is 29.7 Å². The lowest BCUT2D eigenvalue weighted by Crippen LogP contribution is -2.39. The Kier molecular flexibility index (Phi) is 9.55. The standard InChI is InChI=1S/C33H31N3O5S2/c1-4-10-24-29(32(38)40-6-3)30(27-13-9-16-42-27)36-31(37)28(43-33(36)35-24)18-21-14-15-25(26(17-21)39-5-2)41-20-23-12-8-7-11-22(23)19-34/h7-9,11-18,30H,4-6,10,20H2,1-3H3/b28-18+/t30-/m1/s1. The second kappa shape index (κ2) is 13.7. The van der Waals surface area contributed by atoms with Crippen LogP contribution in [0.15, 0.2) is 81.0 Å². The van der Waals surface area contributed by atoms with E-state index in [-0.39, 0.29) is 18.8 Å². The second-order valence-corrected chi connectivity index (χ2v) is 11.6. The van der Waals surface area contributed by atoms with Crippen molar-refractivity contribution >= 4 is 34.7 Å². The van der Waals surface area contributed by atoms with Crippen LogP contribution in [-0.4, -0.2) is 23.8 Å². The monoisotopic (exact) mass is 613 g/mol. The lowest BCUT2D eigenvalue weighted by atomic mass is 9.99. The highest BCUT2D eigenvalue weighted by molar-refractivity contribution is 7.10. The number of nitriles is 1. The Morgan fingerprint density at radius 3 is 2.63 bits per heavy atom. The smallest absolute Gasteiger partial charge is 0.338 e. The number of fused-ring (bicyclic) bond motifs is 1. The summed E-state index contributed by atoms with van der Waals surface area (Å²) in [5.41, 5.74) is 2.94. The molecule has 10 heteroatoms. The molecule has 0 unspecified atom stereocenters. The van der Waals surface area contributed by atoms with E-state index in [2.05, 4.69) is 6.07 Å². The number of allylic oxidation sites excluding steroid dienone is 1. The van der Waals surface area contributed by atoms with Crippen molar-refractivity contribution in [3.05, 3.63) is 113 Å². The first-order chi connectivity index (χ1) is 21.0. The molecule has 2 aromatic heterocycles. The van der Waals surface area contributed by atoms with E-state index in [1.807, 2.05) is 61.7 Å². The maximum absolute atomic E-state index is 13.9. The van der Waals surface area contributed by atoms with Crippen LogP contribution >= 0.6 is 22.7 Å². The molecule has 0 aliphatic carbocycles. The molecule has 5 rings (SSSR count). The molecule has 0 spiro atoms. The molecule has 0 radical (unpaired) electrons. The lowest BCUT2D eigenvalue weighted by molar-refractivity contribution is -0.139. The predicted molar refractivity (Wildman–Crippen MR) is 167 cm³/mol. The molecular weight excluding hydrogens is 583 g/mol. The van der Waals surface area contributed by atoms with Gasteiger partial charge in [0.1, 0.15) is 12.6 Å². The number of ether oxygens (including phenoxy) is 3. The van der Waals surface area contributed by atoms with Crippen LogP contribution in [0, 0.1) is 11.3 Å². The van der Waals surface area contributed by atoms with E-state index < -0.39 is 12.0 Å². The minimum absolute atomic E-state index is 0.216. The van der Waals surface area contributed by atoms with Crippen molar-refractivity contribution in [1.82, 2.24) is 4.57 Å². The van der Waals surface area contributed by atoms with Gasteiger partial charge in [-0.2, -0.15) is 5.26 Å². The third kappa shape index (κ3) is 6.33. The Hall–Kier alpha value is -4.46. The molecule has 1 atom stereocenters. The van der Waals surface area contributed by atoms with E-state index in [0.29, 0.717) is 50.7 Å². The van der Waals surface area contributed by atoms with Crippen molar-refractivity contribution in [2.75, 3.05) is 13.2 Å². The van der Waals surface area contributed by atoms with Crippen LogP contribution in [0.2, 0.25) is 0 Å². The maximum atomic E-state index is 13.9. The van der Waals surface area contributed by atoms with Gasteiger partial charge in [-0.25, -0.2) is 9.79 Å². The first-order valence-electron chi connectivity index (χ1n) is 14.1. The molecule has 0 N–H and O–H groups in total. The Bertz CT molecular complexity index is 1880. The molecule has 1 aliphatic rings. The SMILES string of the molecule is CCCC1=C(C(=O)OCC)[C@@H](c2cccs2)n2c(s/c(=C/c3ccc(OCc4ccccc4C#N)c(OCC)c3)c2=O)=N1. The van der Waals surface area contributed by atoms with Crippen LogP contribution in [-0.2, 0) is 16.1 Å². The molecule has 8 nitrogen and oxygen atoms in total. The minimum atomic E-state index is -0.606. The van der Waals surface area contributed by atoms with Gasteiger partial charge in [0, 0.05) is 10.4 Å². The molecule has 43 heavy (non-hydrogen) atoms. The number of thiophene rings is 1. The summed E-state index contributed by atoms with van der Waals surface area (Å²) in [6, 6.07) is 18.2. The largest absolute Gasteiger partial charge is 0.490 e. The van der Waals surface area contributed by atoms with Gasteiger partial charge in [-0.05, 0) is 61.6 Å². The van der Waals surface area contributed by atoms with E-state index in [0.717, 1.165) is 22.4 Å². The fraction of sp³-hybridized carbons (Fsp3) is 0.273. The Labute approximate surface area is 257 Å². The third-order valence-corrected chi connectivity index (χ3v) is 8.70. The number of hydrogen-bond donors (Lipinski definition) is 0. The van der Waals surface area contributed by atoms with Crippen molar-refractivity contribution in [2.45, 2.75) is 46.3 Å². The molecule has 0 saturated carbocycles. The number of esters is 1. The van der Waals surface area contributed by atoms with Gasteiger partial charge in [-0.3, -0.25) is 9.36 Å². The zero-order valence-corrected chi connectivity index (χ0v) is 25.8. The highest BCUT2D eigenvalue weighted by Gasteiger charge is 2.34. The zero-order chi connectivity index (χ0) is 30.3. The van der Waals surface area contributed by atoms with Gasteiger partial charge in [0.15, 0.2) is 16.3 Å². The molecule has 4 aromatic rings.